The molecule has 1 fully saturated rings. The van der Waals surface area contributed by atoms with E-state index in [1.807, 2.05) is 26.0 Å². The molecule has 0 amide bonds. The maximum absolute atomic E-state index is 12.1. The van der Waals surface area contributed by atoms with Gasteiger partial charge in [0.2, 0.25) is 0 Å². The van der Waals surface area contributed by atoms with Gasteiger partial charge in [-0.25, -0.2) is 0 Å². The number of fused-ring (bicyclic) bond motifs is 1. The molecule has 0 saturated carbocycles. The molecule has 1 saturated heterocycles. The van der Waals surface area contributed by atoms with Gasteiger partial charge in [-0.05, 0) is 25.5 Å². The van der Waals surface area contributed by atoms with Gasteiger partial charge in [0.25, 0.3) is 0 Å². The summed E-state index contributed by atoms with van der Waals surface area (Å²) in [5.74, 6) is -1.68. The lowest BCUT2D eigenvalue weighted by molar-refractivity contribution is -0.150. The average molecular weight is 350 g/mol. The first-order valence-electron chi connectivity index (χ1n) is 8.58. The molecular formula is C19H26O6. The summed E-state index contributed by atoms with van der Waals surface area (Å²) in [5.41, 5.74) is 1.84. The molecule has 25 heavy (non-hydrogen) atoms. The van der Waals surface area contributed by atoms with Gasteiger partial charge >= 0.3 is 17.9 Å². The number of hydrogen-bond donors (Lipinski definition) is 0. The fraction of sp³-hybridized carbons (Fsp3) is 0.632. The van der Waals surface area contributed by atoms with Crippen molar-refractivity contribution < 1.29 is 28.6 Å². The maximum atomic E-state index is 12.1. The summed E-state index contributed by atoms with van der Waals surface area (Å²) in [6, 6.07) is 0. The van der Waals surface area contributed by atoms with E-state index < -0.39 is 18.3 Å². The maximum Gasteiger partial charge on any atom is 0.309 e. The van der Waals surface area contributed by atoms with Crippen LogP contribution in [0.25, 0.3) is 0 Å². The molecule has 5 atom stereocenters. The lowest BCUT2D eigenvalue weighted by Crippen LogP contribution is -2.35. The van der Waals surface area contributed by atoms with E-state index in [4.69, 9.17) is 14.2 Å². The summed E-state index contributed by atoms with van der Waals surface area (Å²) in [5, 5.41) is 0. The molecule has 2 rings (SSSR count). The number of ether oxygens (including phenoxy) is 3. The van der Waals surface area contributed by atoms with E-state index in [0.717, 1.165) is 11.1 Å². The van der Waals surface area contributed by atoms with Gasteiger partial charge in [-0.2, -0.15) is 0 Å². The molecule has 5 unspecified atom stereocenters. The largest absolute Gasteiger partial charge is 0.462 e. The second-order valence-corrected chi connectivity index (χ2v) is 6.91. The highest BCUT2D eigenvalue weighted by Crippen LogP contribution is 2.37. The molecule has 138 valence electrons. The van der Waals surface area contributed by atoms with Gasteiger partial charge in [-0.15, -0.1) is 0 Å². The standard InChI is InChI=1S/C19H26O6/c1-10-6-7-15(23-13(4)20)11(2)9-17-18(12(3)19(22)25-17)16(8-10)24-14(5)21/h6,9,12,15-18H,7-8H2,1-5H3/b10-6+,11-9+. The zero-order valence-corrected chi connectivity index (χ0v) is 15.4. The highest BCUT2D eigenvalue weighted by atomic mass is 16.6. The van der Waals surface area contributed by atoms with Gasteiger partial charge in [-0.3, -0.25) is 14.4 Å². The second kappa shape index (κ2) is 7.85. The van der Waals surface area contributed by atoms with Gasteiger partial charge in [0.1, 0.15) is 18.3 Å². The summed E-state index contributed by atoms with van der Waals surface area (Å²) in [7, 11) is 0. The van der Waals surface area contributed by atoms with Gasteiger partial charge in [0.05, 0.1) is 11.8 Å². The Kier molecular flexibility index (Phi) is 6.03. The molecule has 2 aliphatic rings. The van der Waals surface area contributed by atoms with Crippen molar-refractivity contribution in [1.82, 2.24) is 0 Å². The molecule has 1 aliphatic carbocycles. The van der Waals surface area contributed by atoms with Crippen molar-refractivity contribution in [2.24, 2.45) is 11.8 Å². The number of carbonyl (C=O) groups is 3. The molecule has 0 aromatic rings. The molecule has 0 radical (unpaired) electrons. The van der Waals surface area contributed by atoms with Crippen LogP contribution in [0.15, 0.2) is 23.3 Å². The summed E-state index contributed by atoms with van der Waals surface area (Å²) in [6.45, 7) is 8.33. The van der Waals surface area contributed by atoms with Crippen LogP contribution in [0.4, 0.5) is 0 Å². The van der Waals surface area contributed by atoms with Crippen molar-refractivity contribution in [2.75, 3.05) is 0 Å². The monoisotopic (exact) mass is 350 g/mol. The van der Waals surface area contributed by atoms with Gasteiger partial charge < -0.3 is 14.2 Å². The number of rotatable bonds is 2. The third-order valence-electron chi connectivity index (χ3n) is 4.77. The Morgan fingerprint density at radius 3 is 2.40 bits per heavy atom. The molecule has 0 aromatic heterocycles. The predicted molar refractivity (Wildman–Crippen MR) is 90.4 cm³/mol. The zero-order chi connectivity index (χ0) is 18.7. The van der Waals surface area contributed by atoms with Crippen LogP contribution in [-0.2, 0) is 28.6 Å². The number of esters is 3. The highest BCUT2D eigenvalue weighted by molar-refractivity contribution is 5.75. The molecular weight excluding hydrogens is 324 g/mol. The van der Waals surface area contributed by atoms with E-state index in [1.54, 1.807) is 6.92 Å². The first-order valence-corrected chi connectivity index (χ1v) is 8.58. The SMILES string of the molecule is CC(=O)OC1C/C=C(\C)CC(OC(C)=O)C2C(/C=C/1C)OC(=O)C2C. The molecule has 6 nitrogen and oxygen atoms in total. The van der Waals surface area contributed by atoms with E-state index >= 15 is 0 Å². The van der Waals surface area contributed by atoms with Crippen molar-refractivity contribution in [3.8, 4) is 0 Å². The lowest BCUT2D eigenvalue weighted by Gasteiger charge is -2.29. The van der Waals surface area contributed by atoms with Crippen LogP contribution < -0.4 is 0 Å². The molecule has 0 N–H and O–H groups in total. The minimum Gasteiger partial charge on any atom is -0.462 e. The normalized spacial score (nSPS) is 36.8. The van der Waals surface area contributed by atoms with Crippen LogP contribution >= 0.6 is 0 Å². The summed E-state index contributed by atoms with van der Waals surface area (Å²) in [4.78, 5) is 35.1. The third-order valence-corrected chi connectivity index (χ3v) is 4.77. The van der Waals surface area contributed by atoms with Crippen LogP contribution in [0.3, 0.4) is 0 Å². The summed E-state index contributed by atoms with van der Waals surface area (Å²) >= 11 is 0. The summed E-state index contributed by atoms with van der Waals surface area (Å²) in [6.07, 6.45) is 3.52. The Hall–Kier alpha value is -2.11. The third kappa shape index (κ3) is 4.71. The van der Waals surface area contributed by atoms with Crippen molar-refractivity contribution >= 4 is 17.9 Å². The van der Waals surface area contributed by atoms with E-state index in [2.05, 4.69) is 0 Å². The molecule has 0 aromatic carbocycles. The Bertz CT molecular complexity index is 617. The minimum atomic E-state index is -0.504. The van der Waals surface area contributed by atoms with E-state index in [9.17, 15) is 14.4 Å². The van der Waals surface area contributed by atoms with Crippen LogP contribution in [0, 0.1) is 11.8 Å². The van der Waals surface area contributed by atoms with Crippen LogP contribution in [0.5, 0.6) is 0 Å². The summed E-state index contributed by atoms with van der Waals surface area (Å²) < 4.78 is 16.4. The smallest absolute Gasteiger partial charge is 0.309 e. The van der Waals surface area contributed by atoms with Gasteiger partial charge in [0.15, 0.2) is 0 Å². The highest BCUT2D eigenvalue weighted by Gasteiger charge is 2.47. The average Bonchev–Trinajstić information content (AvgIpc) is 2.75. The quantitative estimate of drug-likeness (QED) is 0.433. The Balaban J connectivity index is 2.41. The predicted octanol–water partition coefficient (Wildman–Crippen LogP) is 2.71. The Morgan fingerprint density at radius 1 is 1.16 bits per heavy atom. The molecule has 1 heterocycles. The molecule has 6 heteroatoms. The Morgan fingerprint density at radius 2 is 1.80 bits per heavy atom. The first kappa shape index (κ1) is 19.2. The van der Waals surface area contributed by atoms with Crippen molar-refractivity contribution in [2.45, 2.75) is 65.8 Å². The molecule has 0 spiro atoms. The zero-order valence-electron chi connectivity index (χ0n) is 15.4. The fourth-order valence-corrected chi connectivity index (χ4v) is 3.51. The Labute approximate surface area is 148 Å². The topological polar surface area (TPSA) is 78.9 Å². The fourth-order valence-electron chi connectivity index (χ4n) is 3.51. The lowest BCUT2D eigenvalue weighted by atomic mass is 9.82. The number of hydrogen-bond acceptors (Lipinski definition) is 6. The van der Waals surface area contributed by atoms with Crippen LogP contribution in [0.1, 0.15) is 47.5 Å². The van der Waals surface area contributed by atoms with E-state index in [0.29, 0.717) is 12.8 Å². The van der Waals surface area contributed by atoms with E-state index in [-0.39, 0.29) is 29.7 Å². The molecule has 0 bridgehead atoms. The minimum absolute atomic E-state index is 0.272. The number of carbonyl (C=O) groups excluding carboxylic acids is 3. The van der Waals surface area contributed by atoms with Gasteiger partial charge in [-0.1, -0.05) is 18.6 Å². The van der Waals surface area contributed by atoms with Crippen molar-refractivity contribution in [3.63, 3.8) is 0 Å². The first-order chi connectivity index (χ1) is 11.7. The van der Waals surface area contributed by atoms with Gasteiger partial charge in [0, 0.05) is 26.7 Å². The van der Waals surface area contributed by atoms with Crippen molar-refractivity contribution in [3.05, 3.63) is 23.3 Å². The molecule has 1 aliphatic heterocycles. The van der Waals surface area contributed by atoms with Crippen LogP contribution in [-0.4, -0.2) is 36.2 Å². The van der Waals surface area contributed by atoms with Crippen LogP contribution in [0.2, 0.25) is 0 Å². The van der Waals surface area contributed by atoms with Crippen molar-refractivity contribution in [1.29, 1.82) is 0 Å². The second-order valence-electron chi connectivity index (χ2n) is 6.91. The van der Waals surface area contributed by atoms with E-state index in [1.165, 1.54) is 13.8 Å².